The molecule has 5 heterocycles. The average Bonchev–Trinajstić information content (AvgIpc) is 3.38. The summed E-state index contributed by atoms with van der Waals surface area (Å²) in [6.45, 7) is 7.21. The predicted molar refractivity (Wildman–Crippen MR) is 133 cm³/mol. The number of rotatable bonds is 4. The van der Waals surface area contributed by atoms with Crippen LogP contribution in [0.1, 0.15) is 31.4 Å². The van der Waals surface area contributed by atoms with Gasteiger partial charge in [-0.05, 0) is 48.9 Å². The minimum Gasteiger partial charge on any atom is -0.361 e. The number of aromatic nitrogens is 4. The van der Waals surface area contributed by atoms with Crippen molar-refractivity contribution < 1.29 is 0 Å². The minimum absolute atomic E-state index is 0.0487. The first kappa shape index (κ1) is 19.9. The lowest BCUT2D eigenvalue weighted by atomic mass is 9.89. The van der Waals surface area contributed by atoms with Gasteiger partial charge in [-0.25, -0.2) is 9.97 Å². The summed E-state index contributed by atoms with van der Waals surface area (Å²) in [6.07, 6.45) is 9.21. The van der Waals surface area contributed by atoms with Gasteiger partial charge in [0.25, 0.3) is 0 Å². The van der Waals surface area contributed by atoms with E-state index in [2.05, 4.69) is 74.8 Å². The first-order valence-electron chi connectivity index (χ1n) is 11.4. The van der Waals surface area contributed by atoms with Gasteiger partial charge < -0.3 is 20.5 Å². The minimum atomic E-state index is -0.0487. The van der Waals surface area contributed by atoms with Crippen molar-refractivity contribution in [2.45, 2.75) is 25.7 Å². The van der Waals surface area contributed by atoms with E-state index >= 15 is 0 Å². The molecule has 166 valence electrons. The zero-order chi connectivity index (χ0) is 22.4. The lowest BCUT2D eigenvalue weighted by molar-refractivity contribution is 0.566. The summed E-state index contributed by atoms with van der Waals surface area (Å²) >= 11 is 0. The molecule has 4 aromatic rings. The molecule has 7 nitrogen and oxygen atoms in total. The van der Waals surface area contributed by atoms with Gasteiger partial charge in [0.15, 0.2) is 0 Å². The van der Waals surface area contributed by atoms with E-state index in [4.69, 9.17) is 4.98 Å². The van der Waals surface area contributed by atoms with Gasteiger partial charge in [0.05, 0.1) is 0 Å². The molecule has 3 aromatic heterocycles. The highest BCUT2D eigenvalue weighted by atomic mass is 15.3. The normalized spacial score (nSPS) is 17.2. The number of H-pyrrole nitrogens is 1. The van der Waals surface area contributed by atoms with E-state index in [1.807, 2.05) is 30.6 Å². The molecular weight excluding hydrogens is 410 g/mol. The molecule has 33 heavy (non-hydrogen) atoms. The van der Waals surface area contributed by atoms with Gasteiger partial charge in [-0.15, -0.1) is 0 Å². The molecule has 0 fully saturated rings. The molecule has 0 spiro atoms. The zero-order valence-corrected chi connectivity index (χ0v) is 18.9. The molecule has 0 radical (unpaired) electrons. The summed E-state index contributed by atoms with van der Waals surface area (Å²) in [5, 5.41) is 8.03. The van der Waals surface area contributed by atoms with Crippen molar-refractivity contribution in [3.8, 4) is 0 Å². The Morgan fingerprint density at radius 3 is 2.88 bits per heavy atom. The summed E-state index contributed by atoms with van der Waals surface area (Å²) in [6, 6.07) is 12.3. The monoisotopic (exact) mass is 437 g/mol. The molecule has 0 bridgehead atoms. The van der Waals surface area contributed by atoms with Gasteiger partial charge in [-0.1, -0.05) is 26.0 Å². The second kappa shape index (κ2) is 7.71. The van der Waals surface area contributed by atoms with Crippen molar-refractivity contribution >= 4 is 39.7 Å². The number of pyridine rings is 1. The highest BCUT2D eigenvalue weighted by Gasteiger charge is 2.38. The van der Waals surface area contributed by atoms with Crippen LogP contribution in [0.2, 0.25) is 0 Å². The first-order valence-corrected chi connectivity index (χ1v) is 11.4. The van der Waals surface area contributed by atoms with E-state index in [1.165, 1.54) is 16.5 Å². The topological polar surface area (TPSA) is 81.8 Å². The molecule has 0 saturated heterocycles. The highest BCUT2D eigenvalue weighted by molar-refractivity contribution is 5.95. The van der Waals surface area contributed by atoms with Gasteiger partial charge in [-0.2, -0.15) is 4.98 Å². The molecule has 7 heteroatoms. The molecule has 0 aliphatic carbocycles. The number of hydrogen-bond acceptors (Lipinski definition) is 6. The van der Waals surface area contributed by atoms with Crippen molar-refractivity contribution in [1.82, 2.24) is 25.3 Å². The van der Waals surface area contributed by atoms with Crippen LogP contribution in [-0.2, 0) is 5.41 Å². The molecule has 0 atom stereocenters. The lowest BCUT2D eigenvalue weighted by Crippen LogP contribution is -2.25. The zero-order valence-electron chi connectivity index (χ0n) is 18.9. The van der Waals surface area contributed by atoms with Crippen LogP contribution in [0, 0.1) is 0 Å². The van der Waals surface area contributed by atoms with E-state index in [1.54, 1.807) is 0 Å². The maximum absolute atomic E-state index is 4.92. The van der Waals surface area contributed by atoms with Gasteiger partial charge in [0.2, 0.25) is 5.95 Å². The van der Waals surface area contributed by atoms with Crippen LogP contribution in [0.15, 0.2) is 61.1 Å². The fourth-order valence-electron chi connectivity index (χ4n) is 4.83. The van der Waals surface area contributed by atoms with E-state index in [-0.39, 0.29) is 5.41 Å². The van der Waals surface area contributed by atoms with E-state index in [0.717, 1.165) is 54.5 Å². The summed E-state index contributed by atoms with van der Waals surface area (Å²) in [7, 11) is 0. The van der Waals surface area contributed by atoms with Crippen LogP contribution in [-0.4, -0.2) is 39.6 Å². The predicted octanol–water partition coefficient (Wildman–Crippen LogP) is 4.90. The number of nitrogens with one attached hydrogen (secondary N) is 3. The fourth-order valence-corrected chi connectivity index (χ4v) is 4.83. The lowest BCUT2D eigenvalue weighted by Gasteiger charge is -2.20. The van der Waals surface area contributed by atoms with Crippen LogP contribution >= 0.6 is 0 Å². The first-order chi connectivity index (χ1) is 16.1. The molecule has 0 saturated carbocycles. The molecule has 3 N–H and O–H groups in total. The van der Waals surface area contributed by atoms with Crippen LogP contribution in [0.5, 0.6) is 0 Å². The Morgan fingerprint density at radius 1 is 1.12 bits per heavy atom. The van der Waals surface area contributed by atoms with Gasteiger partial charge >= 0.3 is 0 Å². The Labute approximate surface area is 193 Å². The summed E-state index contributed by atoms with van der Waals surface area (Å²) in [4.78, 5) is 19.7. The highest BCUT2D eigenvalue weighted by Crippen LogP contribution is 2.42. The summed E-state index contributed by atoms with van der Waals surface area (Å²) in [5.41, 5.74) is 5.85. The third kappa shape index (κ3) is 3.54. The summed E-state index contributed by atoms with van der Waals surface area (Å²) in [5.74, 6) is 2.41. The van der Waals surface area contributed by atoms with Crippen LogP contribution < -0.4 is 15.5 Å². The van der Waals surface area contributed by atoms with Crippen LogP contribution in [0.3, 0.4) is 0 Å². The molecular formula is C26H27N7. The number of hydrogen-bond donors (Lipinski definition) is 3. The van der Waals surface area contributed by atoms with Crippen LogP contribution in [0.25, 0.3) is 16.5 Å². The second-order valence-electron chi connectivity index (χ2n) is 9.36. The molecule has 0 amide bonds. The Morgan fingerprint density at radius 2 is 2.06 bits per heavy atom. The summed E-state index contributed by atoms with van der Waals surface area (Å²) < 4.78 is 0. The maximum Gasteiger partial charge on any atom is 0.229 e. The van der Waals surface area contributed by atoms with E-state index in [0.29, 0.717) is 5.95 Å². The van der Waals surface area contributed by atoms with Crippen molar-refractivity contribution in [3.63, 3.8) is 0 Å². The third-order valence-corrected chi connectivity index (χ3v) is 6.58. The number of aromatic amines is 1. The number of nitrogens with zero attached hydrogens (tertiary/aromatic N) is 4. The largest absolute Gasteiger partial charge is 0.361 e. The van der Waals surface area contributed by atoms with E-state index in [9.17, 15) is 0 Å². The number of fused-ring (bicyclic) bond motifs is 2. The standard InChI is InChI=1S/C26H27N7/c1-26(2)16-33(23-5-3-4-10-28-23)24-21(26)15-30-25(32-24)31-18-6-7-22-19(13-18)20(14-29-22)17-8-11-27-12-9-17/h3-8,10,13-15,27,29H,9,11-12,16H2,1-2H3,(H,30,31,32). The quantitative estimate of drug-likeness (QED) is 0.421. The van der Waals surface area contributed by atoms with Crippen LogP contribution in [0.4, 0.5) is 23.3 Å². The van der Waals surface area contributed by atoms with Crippen molar-refractivity contribution in [3.05, 3.63) is 72.2 Å². The van der Waals surface area contributed by atoms with Crippen molar-refractivity contribution in [2.24, 2.45) is 0 Å². The maximum atomic E-state index is 4.92. The molecule has 2 aliphatic rings. The van der Waals surface area contributed by atoms with Gasteiger partial charge in [-0.3, -0.25) is 0 Å². The second-order valence-corrected chi connectivity index (χ2v) is 9.36. The van der Waals surface area contributed by atoms with E-state index < -0.39 is 0 Å². The third-order valence-electron chi connectivity index (χ3n) is 6.58. The Hall–Kier alpha value is -3.71. The SMILES string of the molecule is CC1(C)CN(c2ccccn2)c2nc(Nc3ccc4[nH]cc(C5=CCNCC5)c4c3)ncc21. The molecule has 0 unspecified atom stereocenters. The Kier molecular flexibility index (Phi) is 4.66. The van der Waals surface area contributed by atoms with Gasteiger partial charge in [0, 0.05) is 64.8 Å². The van der Waals surface area contributed by atoms with Crippen molar-refractivity contribution in [2.75, 3.05) is 29.9 Å². The average molecular weight is 438 g/mol. The Bertz CT molecular complexity index is 1350. The van der Waals surface area contributed by atoms with Gasteiger partial charge in [0.1, 0.15) is 11.6 Å². The molecule has 2 aliphatic heterocycles. The molecule has 1 aromatic carbocycles. The number of anilines is 4. The number of benzene rings is 1. The molecule has 6 rings (SSSR count). The smallest absolute Gasteiger partial charge is 0.229 e. The Balaban J connectivity index is 1.35. The van der Waals surface area contributed by atoms with Crippen molar-refractivity contribution in [1.29, 1.82) is 0 Å². The fraction of sp³-hybridized carbons (Fsp3) is 0.269.